The highest BCUT2D eigenvalue weighted by atomic mass is 17.1. The van der Waals surface area contributed by atoms with E-state index in [-0.39, 0.29) is 0 Å². The van der Waals surface area contributed by atoms with Crippen LogP contribution < -0.4 is 0 Å². The minimum absolute atomic E-state index is 0.566. The standard InChI is InChI=1S/C6H16N2O3/c1-5-9-7(3)11-8(4)10-6-2/h5-6H2,1-4H3. The Morgan fingerprint density at radius 1 is 0.909 bits per heavy atom. The summed E-state index contributed by atoms with van der Waals surface area (Å²) in [5.41, 5.74) is 0. The molecule has 0 saturated heterocycles. The third-order valence-corrected chi connectivity index (χ3v) is 0.852. The number of hydrogen-bond donors (Lipinski definition) is 0. The Kier molecular flexibility index (Phi) is 6.39. The molecule has 0 heterocycles. The highest BCUT2D eigenvalue weighted by molar-refractivity contribution is 4.04. The van der Waals surface area contributed by atoms with E-state index in [1.165, 1.54) is 10.5 Å². The van der Waals surface area contributed by atoms with Crippen LogP contribution in [0.1, 0.15) is 13.8 Å². The third kappa shape index (κ3) is 6.21. The van der Waals surface area contributed by atoms with E-state index in [0.717, 1.165) is 0 Å². The fourth-order valence-corrected chi connectivity index (χ4v) is 0.573. The van der Waals surface area contributed by atoms with Gasteiger partial charge in [-0.2, -0.15) is 4.94 Å². The van der Waals surface area contributed by atoms with Crippen LogP contribution in [0, 0.1) is 0 Å². The van der Waals surface area contributed by atoms with Crippen molar-refractivity contribution in [2.75, 3.05) is 27.3 Å². The lowest BCUT2D eigenvalue weighted by Crippen LogP contribution is -2.30. The van der Waals surface area contributed by atoms with Gasteiger partial charge in [-0.1, -0.05) is 0 Å². The van der Waals surface area contributed by atoms with Gasteiger partial charge in [-0.15, -0.1) is 0 Å². The summed E-state index contributed by atoms with van der Waals surface area (Å²) in [6.45, 7) is 4.88. The maximum atomic E-state index is 4.95. The molecule has 0 unspecified atom stereocenters. The van der Waals surface area contributed by atoms with Crippen LogP contribution in [0.15, 0.2) is 0 Å². The van der Waals surface area contributed by atoms with Gasteiger partial charge >= 0.3 is 0 Å². The van der Waals surface area contributed by atoms with Crippen LogP contribution in [0.3, 0.4) is 0 Å². The fourth-order valence-electron chi connectivity index (χ4n) is 0.573. The molecule has 0 fully saturated rings. The highest BCUT2D eigenvalue weighted by Gasteiger charge is 2.02. The van der Waals surface area contributed by atoms with Crippen molar-refractivity contribution in [1.82, 2.24) is 10.5 Å². The molecule has 0 aliphatic rings. The molecular weight excluding hydrogens is 148 g/mol. The van der Waals surface area contributed by atoms with E-state index in [4.69, 9.17) is 14.6 Å². The first kappa shape index (κ1) is 10.8. The summed E-state index contributed by atoms with van der Waals surface area (Å²) >= 11 is 0. The Hall–Kier alpha value is -0.200. The van der Waals surface area contributed by atoms with Crippen molar-refractivity contribution >= 4 is 0 Å². The van der Waals surface area contributed by atoms with Gasteiger partial charge in [0.2, 0.25) is 0 Å². The molecule has 5 heteroatoms. The van der Waals surface area contributed by atoms with Crippen molar-refractivity contribution in [3.05, 3.63) is 0 Å². The van der Waals surface area contributed by atoms with E-state index in [1.54, 1.807) is 14.1 Å². The van der Waals surface area contributed by atoms with Gasteiger partial charge in [0.1, 0.15) is 0 Å². The molecule has 0 atom stereocenters. The molecule has 0 rings (SSSR count). The Balaban J connectivity index is 3.32. The summed E-state index contributed by atoms with van der Waals surface area (Å²) in [6.07, 6.45) is 0. The average Bonchev–Trinajstić information content (AvgIpc) is 1.87. The maximum Gasteiger partial charge on any atom is 0.0684 e. The fraction of sp³-hybridized carbons (Fsp3) is 1.00. The molecule has 0 radical (unpaired) electrons. The van der Waals surface area contributed by atoms with E-state index < -0.39 is 0 Å². The largest absolute Gasteiger partial charge is 0.273 e. The van der Waals surface area contributed by atoms with Crippen LogP contribution in [0.5, 0.6) is 0 Å². The van der Waals surface area contributed by atoms with Crippen molar-refractivity contribution in [1.29, 1.82) is 0 Å². The molecule has 0 spiro atoms. The monoisotopic (exact) mass is 164 g/mol. The molecule has 0 bridgehead atoms. The zero-order valence-electron chi connectivity index (χ0n) is 7.53. The molecule has 0 aliphatic carbocycles. The number of hydrogen-bond acceptors (Lipinski definition) is 5. The number of rotatable bonds is 6. The van der Waals surface area contributed by atoms with Crippen molar-refractivity contribution in [2.24, 2.45) is 0 Å². The zero-order valence-corrected chi connectivity index (χ0v) is 7.53. The van der Waals surface area contributed by atoms with Crippen molar-refractivity contribution in [2.45, 2.75) is 13.8 Å². The van der Waals surface area contributed by atoms with Gasteiger partial charge in [-0.3, -0.25) is 9.68 Å². The van der Waals surface area contributed by atoms with Crippen LogP contribution in [0.2, 0.25) is 0 Å². The predicted octanol–water partition coefficient (Wildman–Crippen LogP) is 0.600. The van der Waals surface area contributed by atoms with E-state index in [9.17, 15) is 0 Å². The van der Waals surface area contributed by atoms with Gasteiger partial charge in [-0.25, -0.2) is 0 Å². The van der Waals surface area contributed by atoms with Crippen molar-refractivity contribution in [3.63, 3.8) is 0 Å². The van der Waals surface area contributed by atoms with Crippen LogP contribution in [-0.4, -0.2) is 37.8 Å². The molecule has 5 nitrogen and oxygen atoms in total. The zero-order chi connectivity index (χ0) is 8.69. The molecule has 68 valence electrons. The molecule has 0 N–H and O–H groups in total. The van der Waals surface area contributed by atoms with E-state index >= 15 is 0 Å². The van der Waals surface area contributed by atoms with Gasteiger partial charge < -0.3 is 0 Å². The Morgan fingerprint density at radius 2 is 1.27 bits per heavy atom. The topological polar surface area (TPSA) is 34.2 Å². The lowest BCUT2D eigenvalue weighted by molar-refractivity contribution is -0.512. The minimum atomic E-state index is 0.566. The van der Waals surface area contributed by atoms with E-state index in [0.29, 0.717) is 13.2 Å². The Bertz CT molecular complexity index is 81.9. The molecule has 11 heavy (non-hydrogen) atoms. The maximum absolute atomic E-state index is 4.95. The minimum Gasteiger partial charge on any atom is -0.273 e. The second-order valence-electron chi connectivity index (χ2n) is 1.80. The summed E-state index contributed by atoms with van der Waals surface area (Å²) < 4.78 is 0. The summed E-state index contributed by atoms with van der Waals surface area (Å²) in [6, 6.07) is 0. The number of nitrogens with zero attached hydrogens (tertiary/aromatic N) is 2. The van der Waals surface area contributed by atoms with E-state index in [1.807, 2.05) is 13.8 Å². The summed E-state index contributed by atoms with van der Waals surface area (Å²) in [4.78, 5) is 14.8. The third-order valence-electron chi connectivity index (χ3n) is 0.852. The molecule has 0 saturated carbocycles. The van der Waals surface area contributed by atoms with Crippen LogP contribution >= 0.6 is 0 Å². The summed E-state index contributed by atoms with van der Waals surface area (Å²) in [7, 11) is 3.30. The van der Waals surface area contributed by atoms with Crippen LogP contribution in [-0.2, 0) is 14.6 Å². The molecule has 0 aromatic carbocycles. The van der Waals surface area contributed by atoms with E-state index in [2.05, 4.69) is 0 Å². The number of hydroxylamine groups is 4. The average molecular weight is 164 g/mol. The predicted molar refractivity (Wildman–Crippen MR) is 39.9 cm³/mol. The first-order valence-electron chi connectivity index (χ1n) is 3.62. The van der Waals surface area contributed by atoms with Gasteiger partial charge in [0.25, 0.3) is 0 Å². The van der Waals surface area contributed by atoms with Crippen molar-refractivity contribution < 1.29 is 14.6 Å². The molecular formula is C6H16N2O3. The van der Waals surface area contributed by atoms with Crippen LogP contribution in [0.25, 0.3) is 0 Å². The Labute approximate surface area is 67.2 Å². The SMILES string of the molecule is CCON(C)ON(C)OCC. The first-order chi connectivity index (χ1) is 5.20. The summed E-state index contributed by atoms with van der Waals surface area (Å²) in [5, 5.41) is 2.46. The first-order valence-corrected chi connectivity index (χ1v) is 3.62. The lowest BCUT2D eigenvalue weighted by Gasteiger charge is -2.20. The lowest BCUT2D eigenvalue weighted by atomic mass is 10.9. The van der Waals surface area contributed by atoms with Gasteiger partial charge in [0.15, 0.2) is 0 Å². The van der Waals surface area contributed by atoms with Crippen LogP contribution in [0.4, 0.5) is 0 Å². The second-order valence-corrected chi connectivity index (χ2v) is 1.80. The van der Waals surface area contributed by atoms with Gasteiger partial charge in [0.05, 0.1) is 13.2 Å². The van der Waals surface area contributed by atoms with Crippen molar-refractivity contribution in [3.8, 4) is 0 Å². The quantitative estimate of drug-likeness (QED) is 0.537. The summed E-state index contributed by atoms with van der Waals surface area (Å²) in [5.74, 6) is 0. The smallest absolute Gasteiger partial charge is 0.0684 e. The molecule has 0 aromatic rings. The Morgan fingerprint density at radius 3 is 1.55 bits per heavy atom. The highest BCUT2D eigenvalue weighted by Crippen LogP contribution is 1.92. The second kappa shape index (κ2) is 6.51. The molecule has 0 amide bonds. The van der Waals surface area contributed by atoms with Gasteiger partial charge in [-0.05, 0) is 24.3 Å². The normalized spacial score (nSPS) is 11.5. The molecule has 0 aromatic heterocycles. The molecule has 0 aliphatic heterocycles. The van der Waals surface area contributed by atoms with Gasteiger partial charge in [0, 0.05) is 14.1 Å².